The van der Waals surface area contributed by atoms with Gasteiger partial charge in [0, 0.05) is 17.2 Å². The molecule has 2 rings (SSSR count). The van der Waals surface area contributed by atoms with Crippen molar-refractivity contribution in [3.05, 3.63) is 24.1 Å². The Morgan fingerprint density at radius 2 is 2.00 bits per heavy atom. The summed E-state index contributed by atoms with van der Waals surface area (Å²) in [4.78, 5) is 0. The van der Waals surface area contributed by atoms with Crippen LogP contribution in [0.1, 0.15) is 0 Å². The fraction of sp³-hybridized carbons (Fsp3) is 0.182. The third-order valence-electron chi connectivity index (χ3n) is 2.43. The number of nitrogens with zero attached hydrogens (tertiary/aromatic N) is 1. The van der Waals surface area contributed by atoms with Gasteiger partial charge in [-0.05, 0) is 6.07 Å². The number of nitrogen functional groups attached to an aromatic ring is 1. The lowest BCUT2D eigenvalue weighted by Crippen LogP contribution is -1.95. The van der Waals surface area contributed by atoms with E-state index in [4.69, 9.17) is 15.2 Å². The Balaban J connectivity index is 2.64. The molecule has 0 aliphatic heterocycles. The summed E-state index contributed by atoms with van der Waals surface area (Å²) in [5.41, 5.74) is 6.41. The number of hydrogen-bond acceptors (Lipinski definition) is 4. The Morgan fingerprint density at radius 3 is 2.53 bits per heavy atom. The molecule has 0 spiro atoms. The topological polar surface area (TPSA) is 73.2 Å². The number of rotatable bonds is 3. The van der Waals surface area contributed by atoms with E-state index in [0.29, 0.717) is 17.1 Å². The van der Waals surface area contributed by atoms with E-state index in [2.05, 4.69) is 10.2 Å². The minimum Gasteiger partial charge on any atom is -0.497 e. The Kier molecular flexibility index (Phi) is 2.86. The number of benzene rings is 1. The van der Waals surface area contributed by atoms with E-state index in [1.807, 2.05) is 0 Å². The molecule has 2 aromatic rings. The summed E-state index contributed by atoms with van der Waals surface area (Å²) in [6.07, 6.45) is 1.45. The predicted molar refractivity (Wildman–Crippen MR) is 61.5 cm³/mol. The minimum atomic E-state index is -0.499. The number of nitrogens with one attached hydrogen (secondary N) is 1. The van der Waals surface area contributed by atoms with E-state index in [1.165, 1.54) is 26.5 Å². The molecule has 1 aromatic heterocycles. The molecule has 0 saturated heterocycles. The van der Waals surface area contributed by atoms with Crippen LogP contribution in [0.5, 0.6) is 11.5 Å². The highest BCUT2D eigenvalue weighted by atomic mass is 19.1. The van der Waals surface area contributed by atoms with Crippen LogP contribution in [-0.2, 0) is 0 Å². The molecule has 0 fully saturated rings. The second kappa shape index (κ2) is 4.32. The number of aromatic amines is 1. The zero-order valence-electron chi connectivity index (χ0n) is 9.45. The van der Waals surface area contributed by atoms with E-state index in [-0.39, 0.29) is 11.3 Å². The Bertz CT molecular complexity index is 540. The number of nitrogens with two attached hydrogens (primary N) is 1. The SMILES string of the molecule is COc1cc(OC)c(F)c(-c2cn[nH]c2N)c1. The van der Waals surface area contributed by atoms with Crippen molar-refractivity contribution >= 4 is 5.82 Å². The predicted octanol–water partition coefficient (Wildman–Crippen LogP) is 1.82. The number of aromatic nitrogens is 2. The maximum Gasteiger partial charge on any atom is 0.173 e. The lowest BCUT2D eigenvalue weighted by atomic mass is 10.1. The maximum atomic E-state index is 14.1. The lowest BCUT2D eigenvalue weighted by Gasteiger charge is -2.09. The second-order valence-corrected chi connectivity index (χ2v) is 3.39. The van der Waals surface area contributed by atoms with Crippen LogP contribution in [-0.4, -0.2) is 24.4 Å². The molecule has 0 atom stereocenters. The van der Waals surface area contributed by atoms with Crippen LogP contribution in [0.3, 0.4) is 0 Å². The largest absolute Gasteiger partial charge is 0.497 e. The number of halogens is 1. The average molecular weight is 237 g/mol. The Labute approximate surface area is 97.3 Å². The summed E-state index contributed by atoms with van der Waals surface area (Å²) >= 11 is 0. The molecule has 1 aromatic carbocycles. The van der Waals surface area contributed by atoms with Gasteiger partial charge in [0.15, 0.2) is 11.6 Å². The summed E-state index contributed by atoms with van der Waals surface area (Å²) in [7, 11) is 2.88. The molecule has 0 unspecified atom stereocenters. The van der Waals surface area contributed by atoms with Crippen molar-refractivity contribution in [1.29, 1.82) is 0 Å². The average Bonchev–Trinajstić information content (AvgIpc) is 2.76. The molecular weight excluding hydrogens is 225 g/mol. The summed E-state index contributed by atoms with van der Waals surface area (Å²) in [5, 5.41) is 6.30. The quantitative estimate of drug-likeness (QED) is 0.853. The van der Waals surface area contributed by atoms with Crippen LogP contribution in [0.2, 0.25) is 0 Å². The molecule has 0 saturated carbocycles. The van der Waals surface area contributed by atoms with Gasteiger partial charge in [-0.2, -0.15) is 5.10 Å². The molecule has 0 amide bonds. The number of anilines is 1. The van der Waals surface area contributed by atoms with Gasteiger partial charge in [-0.3, -0.25) is 5.10 Å². The zero-order chi connectivity index (χ0) is 12.4. The van der Waals surface area contributed by atoms with Crippen LogP contribution in [0.25, 0.3) is 11.1 Å². The summed E-state index contributed by atoms with van der Waals surface area (Å²) in [6.45, 7) is 0. The first-order chi connectivity index (χ1) is 8.17. The van der Waals surface area contributed by atoms with E-state index in [1.54, 1.807) is 6.07 Å². The van der Waals surface area contributed by atoms with Crippen molar-refractivity contribution in [3.8, 4) is 22.6 Å². The van der Waals surface area contributed by atoms with Crippen LogP contribution in [0, 0.1) is 5.82 Å². The number of H-pyrrole nitrogens is 1. The number of ether oxygens (including phenoxy) is 2. The molecule has 0 aliphatic rings. The van der Waals surface area contributed by atoms with Gasteiger partial charge in [-0.1, -0.05) is 0 Å². The van der Waals surface area contributed by atoms with Crippen molar-refractivity contribution < 1.29 is 13.9 Å². The van der Waals surface area contributed by atoms with Crippen LogP contribution < -0.4 is 15.2 Å². The Hall–Kier alpha value is -2.24. The first kappa shape index (κ1) is 11.3. The molecule has 17 heavy (non-hydrogen) atoms. The van der Waals surface area contributed by atoms with Crippen LogP contribution in [0.15, 0.2) is 18.3 Å². The van der Waals surface area contributed by atoms with Gasteiger partial charge in [-0.25, -0.2) is 4.39 Å². The van der Waals surface area contributed by atoms with Gasteiger partial charge in [-0.15, -0.1) is 0 Å². The van der Waals surface area contributed by atoms with Gasteiger partial charge in [0.05, 0.1) is 20.4 Å². The fourth-order valence-electron chi connectivity index (χ4n) is 1.55. The van der Waals surface area contributed by atoms with Crippen molar-refractivity contribution in [2.24, 2.45) is 0 Å². The summed E-state index contributed by atoms with van der Waals surface area (Å²) < 4.78 is 24.1. The van der Waals surface area contributed by atoms with Crippen LogP contribution >= 0.6 is 0 Å². The van der Waals surface area contributed by atoms with E-state index in [9.17, 15) is 4.39 Å². The number of methoxy groups -OCH3 is 2. The molecule has 3 N–H and O–H groups in total. The maximum absolute atomic E-state index is 14.1. The second-order valence-electron chi connectivity index (χ2n) is 3.39. The fourth-order valence-corrected chi connectivity index (χ4v) is 1.55. The Morgan fingerprint density at radius 1 is 1.24 bits per heavy atom. The highest BCUT2D eigenvalue weighted by Gasteiger charge is 2.16. The zero-order valence-corrected chi connectivity index (χ0v) is 9.45. The van der Waals surface area contributed by atoms with Crippen molar-refractivity contribution in [2.45, 2.75) is 0 Å². The van der Waals surface area contributed by atoms with Gasteiger partial charge < -0.3 is 15.2 Å². The smallest absolute Gasteiger partial charge is 0.173 e. The first-order valence-electron chi connectivity index (χ1n) is 4.88. The molecule has 1 heterocycles. The highest BCUT2D eigenvalue weighted by Crippen LogP contribution is 2.35. The molecule has 6 heteroatoms. The third kappa shape index (κ3) is 1.89. The highest BCUT2D eigenvalue weighted by molar-refractivity contribution is 5.75. The van der Waals surface area contributed by atoms with Gasteiger partial charge in [0.1, 0.15) is 11.6 Å². The standard InChI is InChI=1S/C11H12FN3O2/c1-16-6-3-7(8-5-14-15-11(8)13)10(12)9(4-6)17-2/h3-5H,1-2H3,(H3,13,14,15). The van der Waals surface area contributed by atoms with Gasteiger partial charge in [0.25, 0.3) is 0 Å². The molecule has 0 radical (unpaired) electrons. The summed E-state index contributed by atoms with van der Waals surface area (Å²) in [6, 6.07) is 3.01. The van der Waals surface area contributed by atoms with Crippen molar-refractivity contribution in [1.82, 2.24) is 10.2 Å². The van der Waals surface area contributed by atoms with Gasteiger partial charge in [0.2, 0.25) is 0 Å². The van der Waals surface area contributed by atoms with Gasteiger partial charge >= 0.3 is 0 Å². The molecule has 0 aliphatic carbocycles. The normalized spacial score (nSPS) is 10.3. The van der Waals surface area contributed by atoms with Crippen LogP contribution in [0.4, 0.5) is 10.2 Å². The minimum absolute atomic E-state index is 0.0972. The lowest BCUT2D eigenvalue weighted by molar-refractivity contribution is 0.375. The summed E-state index contributed by atoms with van der Waals surface area (Å²) in [5.74, 6) is 0.374. The van der Waals surface area contributed by atoms with Crippen molar-refractivity contribution in [2.75, 3.05) is 20.0 Å². The molecule has 5 nitrogen and oxygen atoms in total. The molecule has 0 bridgehead atoms. The number of hydrogen-bond donors (Lipinski definition) is 2. The molecule has 90 valence electrons. The monoisotopic (exact) mass is 237 g/mol. The first-order valence-corrected chi connectivity index (χ1v) is 4.88. The van der Waals surface area contributed by atoms with E-state index >= 15 is 0 Å². The third-order valence-corrected chi connectivity index (χ3v) is 2.43. The van der Waals surface area contributed by atoms with E-state index < -0.39 is 5.82 Å². The van der Waals surface area contributed by atoms with E-state index in [0.717, 1.165) is 0 Å². The van der Waals surface area contributed by atoms with Crippen molar-refractivity contribution in [3.63, 3.8) is 0 Å². The molecular formula is C11H12FN3O2.